The highest BCUT2D eigenvalue weighted by atomic mass is 15.1. The molecule has 0 spiro atoms. The lowest BCUT2D eigenvalue weighted by Gasteiger charge is -2.17. The molecular weight excluding hydrogens is 556 g/mol. The van der Waals surface area contributed by atoms with Crippen LogP contribution in [-0.2, 0) is 0 Å². The lowest BCUT2D eigenvalue weighted by molar-refractivity contribution is -0.727. The molecule has 2 nitrogen and oxygen atoms in total. The lowest BCUT2D eigenvalue weighted by Crippen LogP contribution is -2.41. The molecule has 0 amide bonds. The van der Waals surface area contributed by atoms with Gasteiger partial charge in [0.25, 0.3) is 5.82 Å². The van der Waals surface area contributed by atoms with Crippen LogP contribution in [0.4, 0.5) is 0 Å². The van der Waals surface area contributed by atoms with Crippen LogP contribution < -0.4 is 4.57 Å². The number of nitrogens with one attached hydrogen (secondary N) is 1. The van der Waals surface area contributed by atoms with Crippen LogP contribution >= 0.6 is 0 Å². The molecule has 1 aromatic rings. The van der Waals surface area contributed by atoms with Crippen molar-refractivity contribution in [1.29, 1.82) is 0 Å². The summed E-state index contributed by atoms with van der Waals surface area (Å²) in [6, 6.07) is 0.619. The monoisotopic (exact) mass is 644 g/mol. The molecule has 0 saturated heterocycles. The van der Waals surface area contributed by atoms with Crippen LogP contribution in [0.3, 0.4) is 0 Å². The average molecular weight is 644 g/mol. The fraction of sp³-hybridized carbons (Fsp3) is 0.932. The molecule has 46 heavy (non-hydrogen) atoms. The predicted octanol–water partition coefficient (Wildman–Crippen LogP) is 15.7. The van der Waals surface area contributed by atoms with Crippen LogP contribution in [0.5, 0.6) is 0 Å². The summed E-state index contributed by atoms with van der Waals surface area (Å²) in [6.07, 6.45) is 54.7. The Balaban J connectivity index is 2.28. The van der Waals surface area contributed by atoms with Gasteiger partial charge in [-0.2, -0.15) is 0 Å². The molecule has 1 aromatic heterocycles. The summed E-state index contributed by atoms with van der Waals surface area (Å²) in [7, 11) is 0. The molecular formula is C44H87N2+. The average Bonchev–Trinajstić information content (AvgIpc) is 3.56. The zero-order valence-corrected chi connectivity index (χ0v) is 32.5. The van der Waals surface area contributed by atoms with Gasteiger partial charge in [0, 0.05) is 0 Å². The Morgan fingerprint density at radius 3 is 1.02 bits per heavy atom. The smallest absolute Gasteiger partial charge is 0.247 e. The minimum Gasteiger partial charge on any atom is -0.247 e. The van der Waals surface area contributed by atoms with Crippen LogP contribution in [0.1, 0.15) is 270 Å². The highest BCUT2D eigenvalue weighted by Crippen LogP contribution is 2.27. The van der Waals surface area contributed by atoms with Crippen molar-refractivity contribution < 1.29 is 4.57 Å². The summed E-state index contributed by atoms with van der Waals surface area (Å²) in [5, 5.41) is 0. The number of aromatic amines is 1. The Hall–Kier alpha value is -0.790. The van der Waals surface area contributed by atoms with Gasteiger partial charge in [-0.05, 0) is 32.6 Å². The maximum Gasteiger partial charge on any atom is 0.257 e. The Bertz CT molecular complexity index is 709. The second-order valence-electron chi connectivity index (χ2n) is 15.4. The first-order valence-electron chi connectivity index (χ1n) is 21.8. The van der Waals surface area contributed by atoms with Crippen molar-refractivity contribution in [3.05, 3.63) is 18.2 Å². The van der Waals surface area contributed by atoms with E-state index in [9.17, 15) is 0 Å². The van der Waals surface area contributed by atoms with Gasteiger partial charge in [-0.15, -0.1) is 0 Å². The first kappa shape index (κ1) is 43.2. The Morgan fingerprint density at radius 1 is 0.413 bits per heavy atom. The van der Waals surface area contributed by atoms with E-state index in [0.717, 1.165) is 0 Å². The fourth-order valence-corrected chi connectivity index (χ4v) is 7.66. The van der Waals surface area contributed by atoms with Crippen molar-refractivity contribution in [1.82, 2.24) is 4.98 Å². The van der Waals surface area contributed by atoms with Gasteiger partial charge in [-0.3, -0.25) is 0 Å². The summed E-state index contributed by atoms with van der Waals surface area (Å²) >= 11 is 0. The van der Waals surface area contributed by atoms with E-state index < -0.39 is 0 Å². The van der Waals surface area contributed by atoms with Crippen LogP contribution in [0, 0.1) is 0 Å². The van der Waals surface area contributed by atoms with Crippen molar-refractivity contribution >= 4 is 0 Å². The number of hydrogen-bond acceptors (Lipinski definition) is 0. The molecule has 272 valence electrons. The van der Waals surface area contributed by atoms with Crippen molar-refractivity contribution in [2.24, 2.45) is 0 Å². The third-order valence-corrected chi connectivity index (χ3v) is 10.9. The maximum absolute atomic E-state index is 3.75. The van der Waals surface area contributed by atoms with E-state index in [1.54, 1.807) is 0 Å². The standard InChI is InChI=1S/C44H86N2/c1-5-8-11-14-17-19-20-21-22-23-24-25-26-28-30-33-36-39-43(38-35-32-16-13-10-7-3)44-45-40-41-46(44)42(4)37-34-31-29-27-18-15-12-9-6-2/h40-43H,5-39H2,1-4H3/p+1. The predicted molar refractivity (Wildman–Crippen MR) is 207 cm³/mol. The molecule has 2 heteroatoms. The van der Waals surface area contributed by atoms with E-state index in [4.69, 9.17) is 0 Å². The van der Waals surface area contributed by atoms with Gasteiger partial charge < -0.3 is 0 Å². The Labute approximate surface area is 291 Å². The molecule has 2 atom stereocenters. The molecule has 2 unspecified atom stereocenters. The van der Waals surface area contributed by atoms with Crippen LogP contribution in [0.25, 0.3) is 0 Å². The molecule has 0 bridgehead atoms. The minimum absolute atomic E-state index is 0.619. The number of aromatic nitrogens is 2. The molecule has 1 N–H and O–H groups in total. The molecule has 0 saturated carbocycles. The van der Waals surface area contributed by atoms with Crippen molar-refractivity contribution in [3.63, 3.8) is 0 Å². The van der Waals surface area contributed by atoms with E-state index in [1.165, 1.54) is 231 Å². The summed E-state index contributed by atoms with van der Waals surface area (Å²) in [4.78, 5) is 3.75. The normalized spacial score (nSPS) is 13.0. The molecule has 0 fully saturated rings. The van der Waals surface area contributed by atoms with E-state index >= 15 is 0 Å². The maximum atomic E-state index is 3.75. The van der Waals surface area contributed by atoms with Crippen LogP contribution in [-0.4, -0.2) is 4.98 Å². The number of unbranched alkanes of at least 4 members (excludes halogenated alkanes) is 29. The number of nitrogens with zero attached hydrogens (tertiary/aromatic N) is 1. The number of imidazole rings is 1. The largest absolute Gasteiger partial charge is 0.257 e. The first-order chi connectivity index (χ1) is 22.7. The first-order valence-corrected chi connectivity index (χ1v) is 21.8. The van der Waals surface area contributed by atoms with E-state index in [0.29, 0.717) is 12.0 Å². The van der Waals surface area contributed by atoms with Gasteiger partial charge in [0.05, 0.1) is 12.0 Å². The number of rotatable bonds is 37. The Morgan fingerprint density at radius 2 is 0.696 bits per heavy atom. The second-order valence-corrected chi connectivity index (χ2v) is 15.4. The van der Waals surface area contributed by atoms with E-state index in [-0.39, 0.29) is 0 Å². The summed E-state index contributed by atoms with van der Waals surface area (Å²) in [6.45, 7) is 9.43. The highest BCUT2D eigenvalue weighted by Gasteiger charge is 2.25. The van der Waals surface area contributed by atoms with Crippen LogP contribution in [0.2, 0.25) is 0 Å². The van der Waals surface area contributed by atoms with E-state index in [2.05, 4.69) is 49.6 Å². The third kappa shape index (κ3) is 25.3. The lowest BCUT2D eigenvalue weighted by atomic mass is 9.92. The topological polar surface area (TPSA) is 19.7 Å². The van der Waals surface area contributed by atoms with Gasteiger partial charge in [0.15, 0.2) is 0 Å². The summed E-state index contributed by atoms with van der Waals surface area (Å²) in [5.74, 6) is 2.25. The van der Waals surface area contributed by atoms with E-state index in [1.807, 2.05) is 0 Å². The molecule has 0 aliphatic carbocycles. The van der Waals surface area contributed by atoms with Gasteiger partial charge in [-0.1, -0.05) is 220 Å². The second kappa shape index (κ2) is 34.1. The molecule has 0 aliphatic rings. The molecule has 0 aromatic carbocycles. The minimum atomic E-state index is 0.619. The Kier molecular flexibility index (Phi) is 32.0. The third-order valence-electron chi connectivity index (χ3n) is 10.9. The van der Waals surface area contributed by atoms with Crippen molar-refractivity contribution in [2.75, 3.05) is 0 Å². The molecule has 1 rings (SSSR count). The highest BCUT2D eigenvalue weighted by molar-refractivity contribution is 4.90. The van der Waals surface area contributed by atoms with Gasteiger partial charge >= 0.3 is 0 Å². The van der Waals surface area contributed by atoms with Crippen LogP contribution in [0.15, 0.2) is 12.4 Å². The zero-order valence-electron chi connectivity index (χ0n) is 32.5. The number of hydrogen-bond donors (Lipinski definition) is 1. The van der Waals surface area contributed by atoms with Gasteiger partial charge in [0.2, 0.25) is 0 Å². The van der Waals surface area contributed by atoms with Gasteiger partial charge in [0.1, 0.15) is 12.4 Å². The molecule has 0 aliphatic heterocycles. The quantitative estimate of drug-likeness (QED) is 0.0550. The van der Waals surface area contributed by atoms with Crippen molar-refractivity contribution in [3.8, 4) is 0 Å². The zero-order chi connectivity index (χ0) is 33.2. The summed E-state index contributed by atoms with van der Waals surface area (Å²) < 4.78 is 2.64. The van der Waals surface area contributed by atoms with Gasteiger partial charge in [-0.25, -0.2) is 9.55 Å². The number of H-pyrrole nitrogens is 1. The van der Waals surface area contributed by atoms with Crippen molar-refractivity contribution in [2.45, 2.75) is 264 Å². The molecule has 1 heterocycles. The summed E-state index contributed by atoms with van der Waals surface area (Å²) in [5.41, 5.74) is 0. The fourth-order valence-electron chi connectivity index (χ4n) is 7.66. The molecule has 0 radical (unpaired) electrons. The SMILES string of the molecule is CCCCCCCCCCCCCCCCCCCC(CCCCCCCC)c1[nH]cc[n+]1C(C)CCCCCCCCCCC.